The summed E-state index contributed by atoms with van der Waals surface area (Å²) < 4.78 is 4.68. The van der Waals surface area contributed by atoms with E-state index in [2.05, 4.69) is 16.1 Å². The van der Waals surface area contributed by atoms with Crippen molar-refractivity contribution in [2.24, 2.45) is 0 Å². The van der Waals surface area contributed by atoms with Crippen molar-refractivity contribution in [2.75, 3.05) is 18.2 Å². The maximum absolute atomic E-state index is 11.6. The molecule has 106 valence electrons. The summed E-state index contributed by atoms with van der Waals surface area (Å²) >= 11 is 0. The molecule has 0 saturated heterocycles. The second-order valence-electron chi connectivity index (χ2n) is 4.42. The fraction of sp³-hybridized carbons (Fsp3) is 0.125. The molecule has 0 aliphatic carbocycles. The Hall–Kier alpha value is -3.00. The van der Waals surface area contributed by atoms with Gasteiger partial charge in [0.15, 0.2) is 0 Å². The molecule has 0 heterocycles. The van der Waals surface area contributed by atoms with Crippen molar-refractivity contribution >= 4 is 17.3 Å². The Morgan fingerprint density at radius 2 is 2.00 bits per heavy atom. The van der Waals surface area contributed by atoms with Gasteiger partial charge in [0.1, 0.15) is 0 Å². The zero-order valence-corrected chi connectivity index (χ0v) is 11.6. The van der Waals surface area contributed by atoms with Crippen LogP contribution in [0.15, 0.2) is 42.5 Å². The predicted molar refractivity (Wildman–Crippen MR) is 80.7 cm³/mol. The Kier molecular flexibility index (Phi) is 4.42. The van der Waals surface area contributed by atoms with Crippen LogP contribution < -0.4 is 11.1 Å². The maximum atomic E-state index is 11.6. The van der Waals surface area contributed by atoms with E-state index in [1.165, 1.54) is 7.11 Å². The lowest BCUT2D eigenvalue weighted by Gasteiger charge is -2.12. The van der Waals surface area contributed by atoms with E-state index in [9.17, 15) is 4.79 Å². The van der Waals surface area contributed by atoms with Crippen LogP contribution >= 0.6 is 0 Å². The third kappa shape index (κ3) is 3.31. The number of nitriles is 1. The van der Waals surface area contributed by atoms with Gasteiger partial charge in [0.05, 0.1) is 35.7 Å². The van der Waals surface area contributed by atoms with Crippen LogP contribution in [0.4, 0.5) is 11.4 Å². The number of benzene rings is 2. The Morgan fingerprint density at radius 1 is 1.29 bits per heavy atom. The van der Waals surface area contributed by atoms with Crippen molar-refractivity contribution in [1.82, 2.24) is 0 Å². The first kappa shape index (κ1) is 14.4. The minimum absolute atomic E-state index is 0.335. The second-order valence-corrected chi connectivity index (χ2v) is 4.42. The number of ether oxygens (including phenoxy) is 1. The second kappa shape index (κ2) is 6.44. The van der Waals surface area contributed by atoms with Crippen LogP contribution in [0, 0.1) is 11.3 Å². The molecule has 0 aliphatic rings. The summed E-state index contributed by atoms with van der Waals surface area (Å²) in [6, 6.07) is 14.5. The number of nitrogens with one attached hydrogen (secondary N) is 1. The molecule has 2 aromatic carbocycles. The SMILES string of the molecule is COC(=O)c1cccc(NCc2ccc(C#N)cc2)c1N. The highest BCUT2D eigenvalue weighted by molar-refractivity contribution is 5.98. The lowest BCUT2D eigenvalue weighted by atomic mass is 10.1. The fourth-order valence-electron chi connectivity index (χ4n) is 1.90. The topological polar surface area (TPSA) is 88.1 Å². The lowest BCUT2D eigenvalue weighted by molar-refractivity contribution is 0.0602. The van der Waals surface area contributed by atoms with Gasteiger partial charge < -0.3 is 15.8 Å². The van der Waals surface area contributed by atoms with Crippen LogP contribution in [-0.4, -0.2) is 13.1 Å². The molecule has 0 amide bonds. The monoisotopic (exact) mass is 281 g/mol. The first-order valence-corrected chi connectivity index (χ1v) is 6.35. The Labute approximate surface area is 123 Å². The highest BCUT2D eigenvalue weighted by Crippen LogP contribution is 2.24. The molecule has 0 unspecified atom stereocenters. The number of hydrogen-bond acceptors (Lipinski definition) is 5. The summed E-state index contributed by atoms with van der Waals surface area (Å²) in [5.41, 5.74) is 8.95. The zero-order chi connectivity index (χ0) is 15.2. The van der Waals surface area contributed by atoms with Gasteiger partial charge in [-0.2, -0.15) is 5.26 Å². The Balaban J connectivity index is 2.13. The van der Waals surface area contributed by atoms with Crippen molar-refractivity contribution < 1.29 is 9.53 Å². The average Bonchev–Trinajstić information content (AvgIpc) is 2.53. The standard InChI is InChI=1S/C16H15N3O2/c1-21-16(20)13-3-2-4-14(15(13)18)19-10-12-7-5-11(9-17)6-8-12/h2-8,19H,10,18H2,1H3. The smallest absolute Gasteiger partial charge is 0.340 e. The Morgan fingerprint density at radius 3 is 2.62 bits per heavy atom. The molecule has 0 aliphatic heterocycles. The van der Waals surface area contributed by atoms with Crippen molar-refractivity contribution in [3.63, 3.8) is 0 Å². The molecule has 2 rings (SSSR count). The quantitative estimate of drug-likeness (QED) is 0.664. The molecule has 0 saturated carbocycles. The van der Waals surface area contributed by atoms with Gasteiger partial charge in [-0.1, -0.05) is 18.2 Å². The minimum atomic E-state index is -0.463. The van der Waals surface area contributed by atoms with Gasteiger partial charge in [-0.3, -0.25) is 0 Å². The number of carbonyl (C=O) groups is 1. The summed E-state index contributed by atoms with van der Waals surface area (Å²) in [5.74, 6) is -0.463. The van der Waals surface area contributed by atoms with E-state index in [0.717, 1.165) is 5.56 Å². The predicted octanol–water partition coefficient (Wildman–Crippen LogP) is 2.54. The summed E-state index contributed by atoms with van der Waals surface area (Å²) in [4.78, 5) is 11.6. The van der Waals surface area contributed by atoms with E-state index in [4.69, 9.17) is 11.0 Å². The lowest BCUT2D eigenvalue weighted by Crippen LogP contribution is -2.09. The van der Waals surface area contributed by atoms with Crippen LogP contribution in [0.5, 0.6) is 0 Å². The number of esters is 1. The molecule has 0 radical (unpaired) electrons. The highest BCUT2D eigenvalue weighted by atomic mass is 16.5. The number of rotatable bonds is 4. The number of nitrogens with two attached hydrogens (primary N) is 1. The van der Waals surface area contributed by atoms with Gasteiger partial charge in [-0.25, -0.2) is 4.79 Å². The zero-order valence-electron chi connectivity index (χ0n) is 11.6. The van der Waals surface area contributed by atoms with E-state index in [1.54, 1.807) is 30.3 Å². The van der Waals surface area contributed by atoms with Crippen LogP contribution in [-0.2, 0) is 11.3 Å². The number of hydrogen-bond donors (Lipinski definition) is 2. The number of methoxy groups -OCH3 is 1. The van der Waals surface area contributed by atoms with Crippen molar-refractivity contribution in [1.29, 1.82) is 5.26 Å². The van der Waals surface area contributed by atoms with Gasteiger partial charge in [0, 0.05) is 6.54 Å². The summed E-state index contributed by atoms with van der Waals surface area (Å²) in [6.07, 6.45) is 0. The average molecular weight is 281 g/mol. The molecule has 0 aromatic heterocycles. The summed E-state index contributed by atoms with van der Waals surface area (Å²) in [5, 5.41) is 11.9. The van der Waals surface area contributed by atoms with E-state index < -0.39 is 5.97 Å². The van der Waals surface area contributed by atoms with Crippen LogP contribution in [0.2, 0.25) is 0 Å². The molecule has 0 spiro atoms. The van der Waals surface area contributed by atoms with Crippen LogP contribution in [0.25, 0.3) is 0 Å². The summed E-state index contributed by atoms with van der Waals surface area (Å²) in [7, 11) is 1.32. The first-order chi connectivity index (χ1) is 10.2. The number of nitrogen functional groups attached to an aromatic ring is 1. The highest BCUT2D eigenvalue weighted by Gasteiger charge is 2.12. The van der Waals surface area contributed by atoms with E-state index >= 15 is 0 Å². The van der Waals surface area contributed by atoms with Gasteiger partial charge >= 0.3 is 5.97 Å². The third-order valence-electron chi connectivity index (χ3n) is 3.08. The van der Waals surface area contributed by atoms with Crippen molar-refractivity contribution in [3.05, 3.63) is 59.2 Å². The van der Waals surface area contributed by atoms with Gasteiger partial charge in [-0.05, 0) is 29.8 Å². The third-order valence-corrected chi connectivity index (χ3v) is 3.08. The number of carbonyl (C=O) groups excluding carboxylic acids is 1. The Bertz CT molecular complexity index is 688. The van der Waals surface area contributed by atoms with E-state index in [-0.39, 0.29) is 0 Å². The number of nitrogens with zero attached hydrogens (tertiary/aromatic N) is 1. The molecule has 0 atom stereocenters. The molecule has 21 heavy (non-hydrogen) atoms. The molecule has 0 fully saturated rings. The van der Waals surface area contributed by atoms with Crippen molar-refractivity contribution in [2.45, 2.75) is 6.54 Å². The maximum Gasteiger partial charge on any atom is 0.340 e. The van der Waals surface area contributed by atoms with Gasteiger partial charge in [0.25, 0.3) is 0 Å². The molecule has 2 aromatic rings. The van der Waals surface area contributed by atoms with Crippen LogP contribution in [0.3, 0.4) is 0 Å². The fourth-order valence-corrected chi connectivity index (χ4v) is 1.90. The number of para-hydroxylation sites is 1. The van der Waals surface area contributed by atoms with Crippen molar-refractivity contribution in [3.8, 4) is 6.07 Å². The van der Waals surface area contributed by atoms with Gasteiger partial charge in [0.2, 0.25) is 0 Å². The number of anilines is 2. The van der Waals surface area contributed by atoms with E-state index in [0.29, 0.717) is 29.0 Å². The van der Waals surface area contributed by atoms with E-state index in [1.807, 2.05) is 12.1 Å². The molecule has 5 nitrogen and oxygen atoms in total. The largest absolute Gasteiger partial charge is 0.465 e. The minimum Gasteiger partial charge on any atom is -0.465 e. The van der Waals surface area contributed by atoms with Crippen LogP contribution in [0.1, 0.15) is 21.5 Å². The molecule has 0 bridgehead atoms. The molecule has 3 N–H and O–H groups in total. The normalized spacial score (nSPS) is 9.71. The molecular formula is C16H15N3O2. The molecule has 5 heteroatoms. The van der Waals surface area contributed by atoms with Gasteiger partial charge in [-0.15, -0.1) is 0 Å². The molecular weight excluding hydrogens is 266 g/mol. The first-order valence-electron chi connectivity index (χ1n) is 6.35. The summed E-state index contributed by atoms with van der Waals surface area (Å²) in [6.45, 7) is 0.542.